The molecule has 120 valence electrons. The van der Waals surface area contributed by atoms with Crippen molar-refractivity contribution in [3.8, 4) is 0 Å². The van der Waals surface area contributed by atoms with Crippen LogP contribution in [-0.2, 0) is 22.6 Å². The molecule has 23 heavy (non-hydrogen) atoms. The molecular weight excluding hydrogens is 296 g/mol. The van der Waals surface area contributed by atoms with Crippen molar-refractivity contribution >= 4 is 11.9 Å². The van der Waals surface area contributed by atoms with Gasteiger partial charge in [0.2, 0.25) is 5.91 Å². The summed E-state index contributed by atoms with van der Waals surface area (Å²) in [7, 11) is 1.30. The molecule has 1 aromatic carbocycles. The number of esters is 1. The molecule has 2 rings (SSSR count). The standard InChI is InChI=1S/C17H18N2O4/c1-12(20)18-9-13-3-5-14(6-4-13)10-19-11-15(17(22)23-2)7-8-16(19)21/h3-8,11H,9-10H2,1-2H3,(H,18,20). The van der Waals surface area contributed by atoms with Crippen LogP contribution in [0.15, 0.2) is 47.4 Å². The van der Waals surface area contributed by atoms with Crippen molar-refractivity contribution in [2.24, 2.45) is 0 Å². The zero-order valence-corrected chi connectivity index (χ0v) is 13.0. The van der Waals surface area contributed by atoms with Gasteiger partial charge in [-0.2, -0.15) is 0 Å². The Bertz CT molecular complexity index is 763. The molecule has 1 aromatic heterocycles. The van der Waals surface area contributed by atoms with E-state index in [1.165, 1.54) is 36.9 Å². The molecular formula is C17H18N2O4. The van der Waals surface area contributed by atoms with Crippen molar-refractivity contribution in [2.75, 3.05) is 7.11 Å². The summed E-state index contributed by atoms with van der Waals surface area (Å²) in [5, 5.41) is 2.72. The van der Waals surface area contributed by atoms with Crippen LogP contribution in [0.5, 0.6) is 0 Å². The van der Waals surface area contributed by atoms with Gasteiger partial charge in [0.25, 0.3) is 5.56 Å². The highest BCUT2D eigenvalue weighted by Crippen LogP contribution is 2.07. The molecule has 6 nitrogen and oxygen atoms in total. The summed E-state index contributed by atoms with van der Waals surface area (Å²) in [6.07, 6.45) is 1.49. The van der Waals surface area contributed by atoms with Crippen molar-refractivity contribution in [1.82, 2.24) is 9.88 Å². The minimum Gasteiger partial charge on any atom is -0.465 e. The van der Waals surface area contributed by atoms with Crippen LogP contribution >= 0.6 is 0 Å². The van der Waals surface area contributed by atoms with Gasteiger partial charge in [0.05, 0.1) is 19.2 Å². The molecule has 0 aliphatic rings. The number of nitrogens with one attached hydrogen (secondary N) is 1. The molecule has 0 saturated heterocycles. The van der Waals surface area contributed by atoms with Crippen LogP contribution in [0, 0.1) is 0 Å². The molecule has 2 aromatic rings. The van der Waals surface area contributed by atoms with E-state index in [1.54, 1.807) is 0 Å². The number of carbonyl (C=O) groups excluding carboxylic acids is 2. The predicted molar refractivity (Wildman–Crippen MR) is 85.1 cm³/mol. The monoisotopic (exact) mass is 314 g/mol. The van der Waals surface area contributed by atoms with E-state index < -0.39 is 5.97 Å². The topological polar surface area (TPSA) is 77.4 Å². The fourth-order valence-electron chi connectivity index (χ4n) is 2.08. The number of pyridine rings is 1. The number of hydrogen-bond donors (Lipinski definition) is 1. The van der Waals surface area contributed by atoms with Crippen LogP contribution in [0.3, 0.4) is 0 Å². The number of benzene rings is 1. The normalized spacial score (nSPS) is 10.2. The summed E-state index contributed by atoms with van der Waals surface area (Å²) in [4.78, 5) is 34.3. The maximum absolute atomic E-state index is 11.9. The molecule has 0 atom stereocenters. The van der Waals surface area contributed by atoms with E-state index in [-0.39, 0.29) is 11.5 Å². The van der Waals surface area contributed by atoms with Gasteiger partial charge in [-0.15, -0.1) is 0 Å². The molecule has 0 bridgehead atoms. The van der Waals surface area contributed by atoms with Gasteiger partial charge in [0.15, 0.2) is 0 Å². The average Bonchev–Trinajstić information content (AvgIpc) is 2.55. The number of ether oxygens (including phenoxy) is 1. The van der Waals surface area contributed by atoms with Gasteiger partial charge in [0, 0.05) is 25.7 Å². The molecule has 0 radical (unpaired) electrons. The third kappa shape index (κ3) is 4.54. The van der Waals surface area contributed by atoms with Crippen molar-refractivity contribution in [3.63, 3.8) is 0 Å². The molecule has 0 fully saturated rings. The van der Waals surface area contributed by atoms with Gasteiger partial charge in [-0.25, -0.2) is 4.79 Å². The third-order valence-electron chi connectivity index (χ3n) is 3.32. The first-order valence-electron chi connectivity index (χ1n) is 7.10. The van der Waals surface area contributed by atoms with E-state index in [0.717, 1.165) is 11.1 Å². The molecule has 0 unspecified atom stereocenters. The summed E-state index contributed by atoms with van der Waals surface area (Å²) in [5.74, 6) is -0.565. The molecule has 1 amide bonds. The van der Waals surface area contributed by atoms with E-state index >= 15 is 0 Å². The first kappa shape index (κ1) is 16.5. The lowest BCUT2D eigenvalue weighted by molar-refractivity contribution is -0.119. The second-order valence-electron chi connectivity index (χ2n) is 5.10. The highest BCUT2D eigenvalue weighted by Gasteiger charge is 2.07. The zero-order chi connectivity index (χ0) is 16.8. The van der Waals surface area contributed by atoms with Crippen LogP contribution in [0.2, 0.25) is 0 Å². The molecule has 6 heteroatoms. The molecule has 0 aliphatic carbocycles. The highest BCUT2D eigenvalue weighted by atomic mass is 16.5. The Morgan fingerprint density at radius 1 is 1.09 bits per heavy atom. The maximum Gasteiger partial charge on any atom is 0.339 e. The van der Waals surface area contributed by atoms with Crippen LogP contribution in [-0.4, -0.2) is 23.6 Å². The Hall–Kier alpha value is -2.89. The summed E-state index contributed by atoms with van der Waals surface area (Å²) >= 11 is 0. The van der Waals surface area contributed by atoms with Crippen LogP contribution in [0.1, 0.15) is 28.4 Å². The fraction of sp³-hybridized carbons (Fsp3) is 0.235. The minimum absolute atomic E-state index is 0.0831. The van der Waals surface area contributed by atoms with Crippen molar-refractivity contribution in [3.05, 3.63) is 69.6 Å². The van der Waals surface area contributed by atoms with E-state index in [2.05, 4.69) is 10.1 Å². The van der Waals surface area contributed by atoms with E-state index in [0.29, 0.717) is 18.7 Å². The number of aromatic nitrogens is 1. The molecule has 0 spiro atoms. The Labute approximate surface area is 133 Å². The number of methoxy groups -OCH3 is 1. The van der Waals surface area contributed by atoms with Gasteiger partial charge in [0.1, 0.15) is 0 Å². The van der Waals surface area contributed by atoms with Gasteiger partial charge >= 0.3 is 5.97 Å². The maximum atomic E-state index is 11.9. The molecule has 1 N–H and O–H groups in total. The van der Waals surface area contributed by atoms with Gasteiger partial charge < -0.3 is 14.6 Å². The Morgan fingerprint density at radius 3 is 2.35 bits per heavy atom. The first-order chi connectivity index (χ1) is 11.0. The van der Waals surface area contributed by atoms with Crippen molar-refractivity contribution in [1.29, 1.82) is 0 Å². The quantitative estimate of drug-likeness (QED) is 0.844. The van der Waals surface area contributed by atoms with Crippen molar-refractivity contribution < 1.29 is 14.3 Å². The first-order valence-corrected chi connectivity index (χ1v) is 7.10. The van der Waals surface area contributed by atoms with E-state index in [1.807, 2.05) is 24.3 Å². The largest absolute Gasteiger partial charge is 0.465 e. The third-order valence-corrected chi connectivity index (χ3v) is 3.32. The molecule has 0 aliphatic heterocycles. The number of nitrogens with zero attached hydrogens (tertiary/aromatic N) is 1. The van der Waals surface area contributed by atoms with Crippen molar-refractivity contribution in [2.45, 2.75) is 20.0 Å². The van der Waals surface area contributed by atoms with E-state index in [4.69, 9.17) is 0 Å². The summed E-state index contributed by atoms with van der Waals surface area (Å²) in [5.41, 5.74) is 2.02. The Balaban J connectivity index is 2.14. The van der Waals surface area contributed by atoms with Crippen LogP contribution in [0.25, 0.3) is 0 Å². The summed E-state index contributed by atoms with van der Waals surface area (Å²) in [6, 6.07) is 10.3. The lowest BCUT2D eigenvalue weighted by Crippen LogP contribution is -2.21. The number of hydrogen-bond acceptors (Lipinski definition) is 4. The smallest absolute Gasteiger partial charge is 0.339 e. The van der Waals surface area contributed by atoms with E-state index in [9.17, 15) is 14.4 Å². The van der Waals surface area contributed by atoms with Crippen LogP contribution < -0.4 is 10.9 Å². The second-order valence-corrected chi connectivity index (χ2v) is 5.10. The van der Waals surface area contributed by atoms with Gasteiger partial charge in [-0.1, -0.05) is 24.3 Å². The Morgan fingerprint density at radius 2 is 1.74 bits per heavy atom. The predicted octanol–water partition coefficient (Wildman–Crippen LogP) is 1.32. The highest BCUT2D eigenvalue weighted by molar-refractivity contribution is 5.88. The lowest BCUT2D eigenvalue weighted by atomic mass is 10.1. The fourth-order valence-corrected chi connectivity index (χ4v) is 2.08. The molecule has 0 saturated carbocycles. The SMILES string of the molecule is COC(=O)c1ccc(=O)n(Cc2ccc(CNC(C)=O)cc2)c1. The second kappa shape index (κ2) is 7.40. The Kier molecular flexibility index (Phi) is 5.30. The lowest BCUT2D eigenvalue weighted by Gasteiger charge is -2.09. The molecule has 1 heterocycles. The minimum atomic E-state index is -0.482. The van der Waals surface area contributed by atoms with Crippen LogP contribution in [0.4, 0.5) is 0 Å². The number of rotatable bonds is 5. The van der Waals surface area contributed by atoms with Gasteiger partial charge in [-0.3, -0.25) is 9.59 Å². The van der Waals surface area contributed by atoms with Gasteiger partial charge in [-0.05, 0) is 17.2 Å². The number of carbonyl (C=O) groups is 2. The average molecular weight is 314 g/mol. The summed E-state index contributed by atoms with van der Waals surface area (Å²) in [6.45, 7) is 2.28. The summed E-state index contributed by atoms with van der Waals surface area (Å²) < 4.78 is 6.11. The number of amides is 1. The zero-order valence-electron chi connectivity index (χ0n) is 13.0.